The molecule has 0 aromatic heterocycles. The number of nitrogen functional groups attached to an aromatic ring is 1. The van der Waals surface area contributed by atoms with Crippen LogP contribution in [0.15, 0.2) is 24.3 Å². The van der Waals surface area contributed by atoms with E-state index in [0.717, 1.165) is 11.3 Å². The minimum absolute atomic E-state index is 0.123. The number of nitrogens with two attached hydrogens (primary N) is 1. The van der Waals surface area contributed by atoms with Crippen molar-refractivity contribution < 1.29 is 9.53 Å². The van der Waals surface area contributed by atoms with E-state index >= 15 is 0 Å². The number of methoxy groups -OCH3 is 1. The van der Waals surface area contributed by atoms with Crippen LogP contribution in [-0.4, -0.2) is 13.1 Å². The summed E-state index contributed by atoms with van der Waals surface area (Å²) in [7, 11) is 1.40. The van der Waals surface area contributed by atoms with Crippen molar-refractivity contribution in [3.05, 3.63) is 29.8 Å². The van der Waals surface area contributed by atoms with E-state index in [4.69, 9.17) is 5.73 Å². The Labute approximate surface area is 83.9 Å². The largest absolute Gasteiger partial charge is 0.469 e. The fraction of sp³-hybridized carbons (Fsp3) is 0.364. The summed E-state index contributed by atoms with van der Waals surface area (Å²) in [5, 5.41) is 0. The van der Waals surface area contributed by atoms with Crippen LogP contribution in [0.5, 0.6) is 0 Å². The lowest BCUT2D eigenvalue weighted by molar-refractivity contribution is -0.144. The van der Waals surface area contributed by atoms with E-state index in [9.17, 15) is 4.79 Å². The maximum atomic E-state index is 11.1. The quantitative estimate of drug-likeness (QED) is 0.586. The molecule has 1 aromatic carbocycles. The summed E-state index contributed by atoms with van der Waals surface area (Å²) in [5.41, 5.74) is 7.41. The average molecular weight is 193 g/mol. The van der Waals surface area contributed by atoms with Gasteiger partial charge in [0.25, 0.3) is 0 Å². The Bertz CT molecular complexity index is 323. The van der Waals surface area contributed by atoms with Gasteiger partial charge >= 0.3 is 5.97 Å². The Morgan fingerprint density at radius 3 is 2.86 bits per heavy atom. The van der Waals surface area contributed by atoms with Crippen LogP contribution in [-0.2, 0) is 16.0 Å². The molecule has 0 spiro atoms. The molecule has 14 heavy (non-hydrogen) atoms. The number of rotatable bonds is 3. The number of benzene rings is 1. The molecule has 0 aliphatic rings. The Morgan fingerprint density at radius 2 is 2.29 bits per heavy atom. The zero-order valence-electron chi connectivity index (χ0n) is 8.49. The summed E-state index contributed by atoms with van der Waals surface area (Å²) in [6.07, 6.45) is 0.664. The number of hydrogen-bond acceptors (Lipinski definition) is 3. The predicted octanol–water partition coefficient (Wildman–Crippen LogP) is 1.62. The van der Waals surface area contributed by atoms with Gasteiger partial charge in [0, 0.05) is 5.69 Å². The summed E-state index contributed by atoms with van der Waals surface area (Å²) < 4.78 is 4.64. The van der Waals surface area contributed by atoms with Crippen molar-refractivity contribution in [3.8, 4) is 0 Å². The molecule has 1 rings (SSSR count). The van der Waals surface area contributed by atoms with Crippen molar-refractivity contribution >= 4 is 11.7 Å². The Balaban J connectivity index is 2.64. The Morgan fingerprint density at radius 1 is 1.57 bits per heavy atom. The maximum Gasteiger partial charge on any atom is 0.308 e. The number of carbonyl (C=O) groups excluding carboxylic acids is 1. The number of carbonyl (C=O) groups is 1. The van der Waals surface area contributed by atoms with Crippen molar-refractivity contribution in [2.75, 3.05) is 12.8 Å². The highest BCUT2D eigenvalue weighted by molar-refractivity contribution is 5.72. The lowest BCUT2D eigenvalue weighted by Crippen LogP contribution is -2.15. The first-order valence-corrected chi connectivity index (χ1v) is 4.55. The molecule has 0 amide bonds. The predicted molar refractivity (Wildman–Crippen MR) is 55.7 cm³/mol. The van der Waals surface area contributed by atoms with Gasteiger partial charge in [0.15, 0.2) is 0 Å². The monoisotopic (exact) mass is 193 g/mol. The summed E-state index contributed by atoms with van der Waals surface area (Å²) in [5.74, 6) is -0.311. The third kappa shape index (κ3) is 2.76. The van der Waals surface area contributed by atoms with Crippen LogP contribution < -0.4 is 5.73 Å². The Hall–Kier alpha value is -1.51. The average Bonchev–Trinajstić information content (AvgIpc) is 2.16. The van der Waals surface area contributed by atoms with Gasteiger partial charge in [0.1, 0.15) is 0 Å². The molecule has 2 N–H and O–H groups in total. The first-order chi connectivity index (χ1) is 6.63. The molecule has 1 unspecified atom stereocenters. The molecule has 0 bridgehead atoms. The van der Waals surface area contributed by atoms with Crippen LogP contribution >= 0.6 is 0 Å². The van der Waals surface area contributed by atoms with Crippen molar-refractivity contribution in [2.24, 2.45) is 5.92 Å². The SMILES string of the molecule is COC(=O)C(C)Cc1cccc(N)c1. The van der Waals surface area contributed by atoms with E-state index in [1.807, 2.05) is 31.2 Å². The second-order valence-corrected chi connectivity index (χ2v) is 3.37. The van der Waals surface area contributed by atoms with Crippen LogP contribution in [0.4, 0.5) is 5.69 Å². The minimum Gasteiger partial charge on any atom is -0.469 e. The molecule has 0 radical (unpaired) electrons. The first kappa shape index (κ1) is 10.6. The number of ether oxygens (including phenoxy) is 1. The van der Waals surface area contributed by atoms with Crippen molar-refractivity contribution in [1.82, 2.24) is 0 Å². The van der Waals surface area contributed by atoms with Gasteiger partial charge in [-0.2, -0.15) is 0 Å². The molecule has 0 saturated heterocycles. The maximum absolute atomic E-state index is 11.1. The van der Waals surface area contributed by atoms with Gasteiger partial charge in [-0.05, 0) is 24.1 Å². The molecule has 0 heterocycles. The molecule has 1 atom stereocenters. The summed E-state index contributed by atoms with van der Waals surface area (Å²) in [6.45, 7) is 1.84. The minimum atomic E-state index is -0.188. The molecule has 0 aliphatic carbocycles. The van der Waals surface area contributed by atoms with Gasteiger partial charge in [0.2, 0.25) is 0 Å². The normalized spacial score (nSPS) is 12.1. The third-order valence-corrected chi connectivity index (χ3v) is 2.10. The standard InChI is InChI=1S/C11H15NO2/c1-8(11(13)14-2)6-9-4-3-5-10(12)7-9/h3-5,7-8H,6,12H2,1-2H3. The molecule has 0 fully saturated rings. The van der Waals surface area contributed by atoms with Crippen molar-refractivity contribution in [1.29, 1.82) is 0 Å². The van der Waals surface area contributed by atoms with Crippen LogP contribution in [0.25, 0.3) is 0 Å². The van der Waals surface area contributed by atoms with Crippen molar-refractivity contribution in [3.63, 3.8) is 0 Å². The molecule has 76 valence electrons. The molecule has 3 heteroatoms. The van der Waals surface area contributed by atoms with E-state index in [0.29, 0.717) is 6.42 Å². The lowest BCUT2D eigenvalue weighted by Gasteiger charge is -2.09. The van der Waals surface area contributed by atoms with Crippen LogP contribution in [0.3, 0.4) is 0 Å². The van der Waals surface area contributed by atoms with E-state index in [2.05, 4.69) is 4.74 Å². The van der Waals surface area contributed by atoms with E-state index in [1.54, 1.807) is 0 Å². The highest BCUT2D eigenvalue weighted by atomic mass is 16.5. The van der Waals surface area contributed by atoms with Crippen LogP contribution in [0, 0.1) is 5.92 Å². The highest BCUT2D eigenvalue weighted by Crippen LogP contribution is 2.12. The van der Waals surface area contributed by atoms with Gasteiger partial charge in [-0.25, -0.2) is 0 Å². The van der Waals surface area contributed by atoms with Gasteiger partial charge in [-0.15, -0.1) is 0 Å². The topological polar surface area (TPSA) is 52.3 Å². The Kier molecular flexibility index (Phi) is 3.51. The molecular formula is C11H15NO2. The summed E-state index contributed by atoms with van der Waals surface area (Å²) >= 11 is 0. The second kappa shape index (κ2) is 4.65. The fourth-order valence-corrected chi connectivity index (χ4v) is 1.36. The van der Waals surface area contributed by atoms with Crippen LogP contribution in [0.1, 0.15) is 12.5 Å². The molecule has 0 saturated carbocycles. The summed E-state index contributed by atoms with van der Waals surface area (Å²) in [4.78, 5) is 11.1. The lowest BCUT2D eigenvalue weighted by atomic mass is 10.0. The third-order valence-electron chi connectivity index (χ3n) is 2.10. The smallest absolute Gasteiger partial charge is 0.308 e. The van der Waals surface area contributed by atoms with Gasteiger partial charge < -0.3 is 10.5 Å². The molecule has 0 aliphatic heterocycles. The second-order valence-electron chi connectivity index (χ2n) is 3.37. The molecular weight excluding hydrogens is 178 g/mol. The van der Waals surface area contributed by atoms with E-state index in [1.165, 1.54) is 7.11 Å². The van der Waals surface area contributed by atoms with Crippen LogP contribution in [0.2, 0.25) is 0 Å². The van der Waals surface area contributed by atoms with E-state index < -0.39 is 0 Å². The fourth-order valence-electron chi connectivity index (χ4n) is 1.36. The number of hydrogen-bond donors (Lipinski definition) is 1. The first-order valence-electron chi connectivity index (χ1n) is 4.55. The van der Waals surface area contributed by atoms with Gasteiger partial charge in [-0.3, -0.25) is 4.79 Å². The molecule has 3 nitrogen and oxygen atoms in total. The van der Waals surface area contributed by atoms with Gasteiger partial charge in [-0.1, -0.05) is 19.1 Å². The van der Waals surface area contributed by atoms with Gasteiger partial charge in [0.05, 0.1) is 13.0 Å². The summed E-state index contributed by atoms with van der Waals surface area (Å²) in [6, 6.07) is 7.54. The highest BCUT2D eigenvalue weighted by Gasteiger charge is 2.13. The zero-order chi connectivity index (χ0) is 10.6. The van der Waals surface area contributed by atoms with E-state index in [-0.39, 0.29) is 11.9 Å². The van der Waals surface area contributed by atoms with Crippen molar-refractivity contribution in [2.45, 2.75) is 13.3 Å². The number of anilines is 1. The molecule has 1 aromatic rings. The number of esters is 1. The zero-order valence-corrected chi connectivity index (χ0v) is 8.49.